The van der Waals surface area contributed by atoms with Crippen molar-refractivity contribution in [2.75, 3.05) is 47.4 Å². The van der Waals surface area contributed by atoms with Crippen LogP contribution in [-0.2, 0) is 0 Å². The third-order valence-electron chi connectivity index (χ3n) is 7.05. The molecular weight excluding hydrogens is 585 g/mol. The van der Waals surface area contributed by atoms with Gasteiger partial charge < -0.3 is 20.3 Å². The summed E-state index contributed by atoms with van der Waals surface area (Å²) in [5.41, 5.74) is 5.79. The second kappa shape index (κ2) is 13.6. The molecule has 0 spiro atoms. The molecule has 0 saturated carbocycles. The Morgan fingerprint density at radius 3 is 2.33 bits per heavy atom. The lowest BCUT2D eigenvalue weighted by molar-refractivity contribution is 0.0964. The zero-order valence-electron chi connectivity index (χ0n) is 23.8. The molecule has 3 N–H and O–H groups in total. The summed E-state index contributed by atoms with van der Waals surface area (Å²) >= 11 is 11.8. The lowest BCUT2D eigenvalue weighted by Crippen LogP contribution is -2.27. The summed E-state index contributed by atoms with van der Waals surface area (Å²) in [6.07, 6.45) is -0.610. The highest BCUT2D eigenvalue weighted by Gasteiger charge is 2.16. The summed E-state index contributed by atoms with van der Waals surface area (Å²) in [6.45, 7) is 3.24. The second-order valence-electron chi connectivity index (χ2n) is 9.81. The number of para-hydroxylation sites is 2. The maximum Gasteiger partial charge on any atom is 0.417 e. The van der Waals surface area contributed by atoms with E-state index in [1.54, 1.807) is 25.2 Å². The predicted molar refractivity (Wildman–Crippen MR) is 177 cm³/mol. The number of amides is 2. The van der Waals surface area contributed by atoms with E-state index < -0.39 is 6.09 Å². The van der Waals surface area contributed by atoms with Crippen molar-refractivity contribution < 1.29 is 14.3 Å². The number of hydrogen-bond donors (Lipinski definition) is 3. The van der Waals surface area contributed by atoms with Gasteiger partial charge in [-0.15, -0.1) is 23.2 Å². The van der Waals surface area contributed by atoms with Crippen molar-refractivity contribution in [2.45, 2.75) is 6.92 Å². The van der Waals surface area contributed by atoms with Crippen molar-refractivity contribution in [3.8, 4) is 5.75 Å². The van der Waals surface area contributed by atoms with Crippen molar-refractivity contribution in [1.82, 2.24) is 10.3 Å². The summed E-state index contributed by atoms with van der Waals surface area (Å²) < 4.78 is 5.56. The Labute approximate surface area is 260 Å². The Morgan fingerprint density at radius 1 is 0.884 bits per heavy atom. The first-order valence-electron chi connectivity index (χ1n) is 13.8. The number of anilines is 4. The van der Waals surface area contributed by atoms with Crippen LogP contribution in [0.1, 0.15) is 15.9 Å². The van der Waals surface area contributed by atoms with Crippen LogP contribution in [0.3, 0.4) is 0 Å². The van der Waals surface area contributed by atoms with E-state index in [0.29, 0.717) is 47.4 Å². The van der Waals surface area contributed by atoms with Crippen LogP contribution in [0.5, 0.6) is 5.75 Å². The summed E-state index contributed by atoms with van der Waals surface area (Å²) in [6, 6.07) is 26.2. The predicted octanol–water partition coefficient (Wildman–Crippen LogP) is 7.69. The number of nitrogens with one attached hydrogen (secondary N) is 3. The number of aromatic nitrogens is 1. The summed E-state index contributed by atoms with van der Waals surface area (Å²) in [4.78, 5) is 32.3. The minimum atomic E-state index is -0.610. The second-order valence-corrected chi connectivity index (χ2v) is 10.6. The van der Waals surface area contributed by atoms with Gasteiger partial charge in [-0.05, 0) is 61.0 Å². The molecule has 43 heavy (non-hydrogen) atoms. The first kappa shape index (κ1) is 29.9. The van der Waals surface area contributed by atoms with Crippen LogP contribution >= 0.6 is 23.2 Å². The number of carbonyl (C=O) groups excluding carboxylic acids is 2. The quantitative estimate of drug-likeness (QED) is 0.110. The number of fused-ring (bicyclic) bond motifs is 2. The Morgan fingerprint density at radius 2 is 1.60 bits per heavy atom. The molecule has 0 unspecified atom stereocenters. The van der Waals surface area contributed by atoms with Crippen molar-refractivity contribution >= 4 is 79.8 Å². The number of pyridine rings is 1. The van der Waals surface area contributed by atoms with Gasteiger partial charge in [-0.3, -0.25) is 10.1 Å². The molecule has 0 fully saturated rings. The van der Waals surface area contributed by atoms with Crippen molar-refractivity contribution in [1.29, 1.82) is 0 Å². The highest BCUT2D eigenvalue weighted by atomic mass is 35.5. The largest absolute Gasteiger partial charge is 0.417 e. The van der Waals surface area contributed by atoms with E-state index in [1.165, 1.54) is 0 Å². The molecule has 0 aliphatic heterocycles. The molecule has 2 amide bonds. The number of halogens is 2. The molecule has 220 valence electrons. The molecule has 0 atom stereocenters. The smallest absolute Gasteiger partial charge is 0.410 e. The topological polar surface area (TPSA) is 95.6 Å². The van der Waals surface area contributed by atoms with Crippen LogP contribution in [0.25, 0.3) is 21.8 Å². The minimum Gasteiger partial charge on any atom is -0.410 e. The summed E-state index contributed by atoms with van der Waals surface area (Å²) in [5.74, 6) is 1.16. The minimum absolute atomic E-state index is 0.211. The van der Waals surface area contributed by atoms with Crippen molar-refractivity contribution in [2.24, 2.45) is 0 Å². The van der Waals surface area contributed by atoms with E-state index >= 15 is 0 Å². The zero-order chi connectivity index (χ0) is 30.3. The average molecular weight is 617 g/mol. The molecular formula is C33H31Cl2N5O3. The number of ether oxygens (including phenoxy) is 1. The first-order chi connectivity index (χ1) is 20.9. The van der Waals surface area contributed by atoms with Crippen LogP contribution in [0.2, 0.25) is 0 Å². The average Bonchev–Trinajstić information content (AvgIpc) is 3.02. The van der Waals surface area contributed by atoms with Crippen molar-refractivity contribution in [3.63, 3.8) is 0 Å². The number of nitrogens with zero attached hydrogens (tertiary/aromatic N) is 2. The zero-order valence-corrected chi connectivity index (χ0v) is 25.3. The van der Waals surface area contributed by atoms with Crippen LogP contribution < -0.4 is 25.6 Å². The molecule has 0 bridgehead atoms. The third kappa shape index (κ3) is 6.77. The van der Waals surface area contributed by atoms with Crippen LogP contribution in [0.15, 0.2) is 84.9 Å². The number of carbonyl (C=O) groups is 2. The molecule has 8 nitrogen and oxygen atoms in total. The van der Waals surface area contributed by atoms with Gasteiger partial charge in [0.15, 0.2) is 0 Å². The maximum atomic E-state index is 12.9. The number of rotatable bonds is 10. The maximum absolute atomic E-state index is 12.9. The normalized spacial score (nSPS) is 10.9. The molecule has 0 radical (unpaired) electrons. The molecule has 10 heteroatoms. The highest BCUT2D eigenvalue weighted by Crippen LogP contribution is 2.35. The number of benzene rings is 4. The van der Waals surface area contributed by atoms with E-state index in [4.69, 9.17) is 32.9 Å². The molecule has 0 aliphatic rings. The molecule has 1 heterocycles. The van der Waals surface area contributed by atoms with Gasteiger partial charge in [-0.1, -0.05) is 36.4 Å². The number of alkyl halides is 2. The van der Waals surface area contributed by atoms with E-state index in [2.05, 4.69) is 20.9 Å². The lowest BCUT2D eigenvalue weighted by atomic mass is 10.0. The summed E-state index contributed by atoms with van der Waals surface area (Å²) in [5, 5.41) is 10.8. The fourth-order valence-electron chi connectivity index (χ4n) is 4.89. The van der Waals surface area contributed by atoms with Gasteiger partial charge in [0.1, 0.15) is 5.75 Å². The van der Waals surface area contributed by atoms with Gasteiger partial charge in [0.05, 0.1) is 22.3 Å². The van der Waals surface area contributed by atoms with Crippen LogP contribution in [0, 0.1) is 6.92 Å². The van der Waals surface area contributed by atoms with E-state index in [0.717, 1.165) is 38.9 Å². The SMILES string of the molecule is CNC(=O)c1cccc2c(Nc3ccc(C)c(NC(=O)Oc4ccc(N(CCCl)CCCl)cc4)c3)c3ccccc3nc12. The monoisotopic (exact) mass is 615 g/mol. The van der Waals surface area contributed by atoms with Crippen molar-refractivity contribution in [3.05, 3.63) is 96.1 Å². The van der Waals surface area contributed by atoms with E-state index in [9.17, 15) is 9.59 Å². The summed E-state index contributed by atoms with van der Waals surface area (Å²) in [7, 11) is 1.60. The molecule has 4 aromatic carbocycles. The highest BCUT2D eigenvalue weighted by molar-refractivity contribution is 6.18. The fourth-order valence-corrected chi connectivity index (χ4v) is 5.29. The van der Waals surface area contributed by atoms with Gasteiger partial charge in [0, 0.05) is 59.7 Å². The van der Waals surface area contributed by atoms with Gasteiger partial charge in [-0.25, -0.2) is 9.78 Å². The molecule has 5 rings (SSSR count). The molecule has 1 aromatic heterocycles. The fraction of sp³-hybridized carbons (Fsp3) is 0.182. The van der Waals surface area contributed by atoms with Gasteiger partial charge in [0.2, 0.25) is 0 Å². The molecule has 5 aromatic rings. The van der Waals surface area contributed by atoms with Gasteiger partial charge in [0.25, 0.3) is 5.91 Å². The van der Waals surface area contributed by atoms with Crippen LogP contribution in [0.4, 0.5) is 27.5 Å². The third-order valence-corrected chi connectivity index (χ3v) is 7.39. The first-order valence-corrected chi connectivity index (χ1v) is 14.9. The molecule has 0 aliphatic carbocycles. The molecule has 0 saturated heterocycles. The number of hydrogen-bond acceptors (Lipinski definition) is 6. The Hall–Kier alpha value is -4.53. The number of aryl methyl sites for hydroxylation is 1. The van der Waals surface area contributed by atoms with Crippen LogP contribution in [-0.4, -0.2) is 48.9 Å². The Balaban J connectivity index is 1.39. The van der Waals surface area contributed by atoms with Gasteiger partial charge >= 0.3 is 6.09 Å². The van der Waals surface area contributed by atoms with E-state index in [1.807, 2.05) is 73.7 Å². The Bertz CT molecular complexity index is 1770. The Kier molecular flexibility index (Phi) is 9.49. The van der Waals surface area contributed by atoms with E-state index in [-0.39, 0.29) is 5.91 Å². The lowest BCUT2D eigenvalue weighted by Gasteiger charge is -2.22. The van der Waals surface area contributed by atoms with Gasteiger partial charge in [-0.2, -0.15) is 0 Å². The standard InChI is InChI=1S/C33H31Cl2N5O3/c1-21-10-11-22(20-29(21)39-33(42)43-24-14-12-23(13-15-24)40(18-16-34)19-17-35)37-30-25-6-3-4-9-28(25)38-31-26(30)7-5-8-27(31)32(41)36-2/h3-15,20H,16-19H2,1-2H3,(H,36,41)(H,37,38)(H,39,42).